The number of hydrogen-bond acceptors (Lipinski definition) is 5. The lowest BCUT2D eigenvalue weighted by Gasteiger charge is -2.38. The van der Waals surface area contributed by atoms with Crippen LogP contribution >= 0.6 is 0 Å². The largest absolute Gasteiger partial charge is 0.342 e. The number of amides is 3. The number of likely N-dealkylation sites (tertiary alicyclic amines) is 2. The Labute approximate surface area is 181 Å². The molecule has 8 heteroatoms. The highest BCUT2D eigenvalue weighted by atomic mass is 16.2. The third-order valence-corrected chi connectivity index (χ3v) is 6.56. The molecule has 0 aliphatic carbocycles. The molecule has 0 aromatic rings. The summed E-state index contributed by atoms with van der Waals surface area (Å²) in [5.41, 5.74) is 5.61. The fraction of sp³-hybridized carbons (Fsp3) is 0.864. The second kappa shape index (κ2) is 9.64. The molecule has 30 heavy (non-hydrogen) atoms. The van der Waals surface area contributed by atoms with Gasteiger partial charge < -0.3 is 26.2 Å². The fourth-order valence-corrected chi connectivity index (χ4v) is 4.48. The first-order valence-electron chi connectivity index (χ1n) is 11.2. The van der Waals surface area contributed by atoms with E-state index in [-0.39, 0.29) is 35.8 Å². The molecule has 4 N–H and O–H groups in total. The van der Waals surface area contributed by atoms with E-state index in [2.05, 4.69) is 24.5 Å². The van der Waals surface area contributed by atoms with Crippen molar-refractivity contribution in [3.8, 4) is 0 Å². The molecule has 0 spiro atoms. The Kier molecular flexibility index (Phi) is 7.91. The zero-order valence-electron chi connectivity index (χ0n) is 19.7. The Morgan fingerprint density at radius 1 is 1.23 bits per heavy atom. The van der Waals surface area contributed by atoms with E-state index in [1.807, 2.05) is 30.6 Å². The molecule has 2 rings (SSSR count). The first kappa shape index (κ1) is 24.6. The molecule has 172 valence electrons. The van der Waals surface area contributed by atoms with Crippen molar-refractivity contribution in [2.24, 2.45) is 17.1 Å². The lowest BCUT2D eigenvalue weighted by atomic mass is 9.85. The van der Waals surface area contributed by atoms with Crippen LogP contribution in [0.15, 0.2) is 0 Å². The highest BCUT2D eigenvalue weighted by molar-refractivity contribution is 5.90. The van der Waals surface area contributed by atoms with Crippen molar-refractivity contribution in [3.63, 3.8) is 0 Å². The van der Waals surface area contributed by atoms with Gasteiger partial charge in [0.25, 0.3) is 0 Å². The number of nitrogens with two attached hydrogens (primary N) is 1. The smallest absolute Gasteiger partial charge is 0.246 e. The van der Waals surface area contributed by atoms with E-state index in [4.69, 9.17) is 5.73 Å². The Balaban J connectivity index is 2.18. The van der Waals surface area contributed by atoms with Crippen LogP contribution in [0.25, 0.3) is 0 Å². The lowest BCUT2D eigenvalue weighted by molar-refractivity contribution is -0.142. The van der Waals surface area contributed by atoms with E-state index in [1.165, 1.54) is 0 Å². The molecule has 2 fully saturated rings. The zero-order chi connectivity index (χ0) is 22.8. The Morgan fingerprint density at radius 2 is 1.87 bits per heavy atom. The summed E-state index contributed by atoms with van der Waals surface area (Å²) >= 11 is 0. The molecule has 0 radical (unpaired) electrons. The standard InChI is InChI=1S/C22H41N5O3/c1-13(2)17-11-16(23)20(29)27(17)12-15-9-8-10-26(15)21(30)18(22(4,5)6)25-19(28)14(3)24-7/h13-18,24H,8-12,23H2,1-7H3,(H,25,28)/t14-,15-,16?,17?,18+/m0/s1. The van der Waals surface area contributed by atoms with Gasteiger partial charge >= 0.3 is 0 Å². The van der Waals surface area contributed by atoms with Gasteiger partial charge in [-0.05, 0) is 44.6 Å². The molecular formula is C22H41N5O3. The maximum absolute atomic E-state index is 13.5. The van der Waals surface area contributed by atoms with Gasteiger partial charge in [-0.3, -0.25) is 14.4 Å². The van der Waals surface area contributed by atoms with E-state index < -0.39 is 17.5 Å². The van der Waals surface area contributed by atoms with Crippen molar-refractivity contribution in [1.82, 2.24) is 20.4 Å². The predicted molar refractivity (Wildman–Crippen MR) is 118 cm³/mol. The van der Waals surface area contributed by atoms with Crippen LogP contribution in [0.4, 0.5) is 0 Å². The maximum Gasteiger partial charge on any atom is 0.246 e. The minimum atomic E-state index is -0.626. The van der Waals surface area contributed by atoms with Crippen molar-refractivity contribution >= 4 is 17.7 Å². The number of carbonyl (C=O) groups is 3. The summed E-state index contributed by atoms with van der Waals surface area (Å²) in [6.07, 6.45) is 2.42. The van der Waals surface area contributed by atoms with Crippen molar-refractivity contribution in [2.45, 2.75) is 91.0 Å². The van der Waals surface area contributed by atoms with Crippen LogP contribution in [-0.4, -0.2) is 77.9 Å². The van der Waals surface area contributed by atoms with Crippen LogP contribution in [0.2, 0.25) is 0 Å². The minimum Gasteiger partial charge on any atom is -0.342 e. The molecule has 0 saturated carbocycles. The van der Waals surface area contributed by atoms with Gasteiger partial charge in [0.2, 0.25) is 17.7 Å². The van der Waals surface area contributed by atoms with Crippen LogP contribution in [0, 0.1) is 11.3 Å². The number of likely N-dealkylation sites (N-methyl/N-ethyl adjacent to an activating group) is 1. The minimum absolute atomic E-state index is 0.0171. The molecule has 8 nitrogen and oxygen atoms in total. The quantitative estimate of drug-likeness (QED) is 0.559. The van der Waals surface area contributed by atoms with E-state index in [9.17, 15) is 14.4 Å². The Morgan fingerprint density at radius 3 is 2.40 bits per heavy atom. The average molecular weight is 424 g/mol. The topological polar surface area (TPSA) is 108 Å². The second-order valence-corrected chi connectivity index (χ2v) is 10.3. The summed E-state index contributed by atoms with van der Waals surface area (Å²) in [5.74, 6) is 0.0370. The first-order chi connectivity index (χ1) is 13.9. The van der Waals surface area contributed by atoms with Crippen LogP contribution in [-0.2, 0) is 14.4 Å². The third kappa shape index (κ3) is 5.32. The molecule has 2 aliphatic heterocycles. The molecule has 0 bridgehead atoms. The van der Waals surface area contributed by atoms with Gasteiger partial charge in [-0.1, -0.05) is 34.6 Å². The highest BCUT2D eigenvalue weighted by Gasteiger charge is 2.44. The molecule has 2 heterocycles. The summed E-state index contributed by atoms with van der Waals surface area (Å²) in [6, 6.07) is -1.39. The van der Waals surface area contributed by atoms with Gasteiger partial charge in [-0.15, -0.1) is 0 Å². The summed E-state index contributed by atoms with van der Waals surface area (Å²) in [7, 11) is 1.72. The van der Waals surface area contributed by atoms with Crippen molar-refractivity contribution < 1.29 is 14.4 Å². The van der Waals surface area contributed by atoms with Gasteiger partial charge in [-0.2, -0.15) is 0 Å². The lowest BCUT2D eigenvalue weighted by Crippen LogP contribution is -2.59. The van der Waals surface area contributed by atoms with E-state index in [1.54, 1.807) is 14.0 Å². The molecule has 2 aliphatic rings. The molecule has 3 amide bonds. The van der Waals surface area contributed by atoms with E-state index in [0.717, 1.165) is 12.8 Å². The van der Waals surface area contributed by atoms with E-state index >= 15 is 0 Å². The van der Waals surface area contributed by atoms with Crippen molar-refractivity contribution in [3.05, 3.63) is 0 Å². The predicted octanol–water partition coefficient (Wildman–Crippen LogP) is 0.700. The number of hydrogen-bond donors (Lipinski definition) is 3. The van der Waals surface area contributed by atoms with Crippen molar-refractivity contribution in [2.75, 3.05) is 20.1 Å². The third-order valence-electron chi connectivity index (χ3n) is 6.56. The van der Waals surface area contributed by atoms with Crippen LogP contribution in [0.3, 0.4) is 0 Å². The van der Waals surface area contributed by atoms with Crippen LogP contribution in [0.1, 0.15) is 60.8 Å². The molecule has 5 atom stereocenters. The zero-order valence-corrected chi connectivity index (χ0v) is 19.7. The van der Waals surface area contributed by atoms with Crippen LogP contribution < -0.4 is 16.4 Å². The van der Waals surface area contributed by atoms with Gasteiger partial charge in [0.1, 0.15) is 6.04 Å². The molecule has 2 unspecified atom stereocenters. The van der Waals surface area contributed by atoms with E-state index in [0.29, 0.717) is 25.4 Å². The summed E-state index contributed by atoms with van der Waals surface area (Å²) < 4.78 is 0. The Bertz CT molecular complexity index is 645. The number of rotatable bonds is 7. The first-order valence-corrected chi connectivity index (χ1v) is 11.2. The Hall–Kier alpha value is -1.67. The molecule has 2 saturated heterocycles. The SMILES string of the molecule is CN[C@@H](C)C(=O)N[C@H](C(=O)N1CCC[C@H]1CN1C(=O)C(N)CC1C(C)C)C(C)(C)C. The molecular weight excluding hydrogens is 382 g/mol. The fourth-order valence-electron chi connectivity index (χ4n) is 4.48. The molecule has 0 aromatic carbocycles. The number of nitrogens with zero attached hydrogens (tertiary/aromatic N) is 2. The second-order valence-electron chi connectivity index (χ2n) is 10.3. The summed E-state index contributed by atoms with van der Waals surface area (Å²) in [6.45, 7) is 13.0. The van der Waals surface area contributed by atoms with Crippen LogP contribution in [0.5, 0.6) is 0 Å². The monoisotopic (exact) mass is 423 g/mol. The number of nitrogens with one attached hydrogen (secondary N) is 2. The average Bonchev–Trinajstić information content (AvgIpc) is 3.23. The van der Waals surface area contributed by atoms with Gasteiger partial charge in [0, 0.05) is 25.2 Å². The highest BCUT2D eigenvalue weighted by Crippen LogP contribution is 2.30. The van der Waals surface area contributed by atoms with Crippen molar-refractivity contribution in [1.29, 1.82) is 0 Å². The molecule has 0 aromatic heterocycles. The van der Waals surface area contributed by atoms with Gasteiger partial charge in [-0.25, -0.2) is 0 Å². The van der Waals surface area contributed by atoms with Gasteiger partial charge in [0.15, 0.2) is 0 Å². The van der Waals surface area contributed by atoms with Gasteiger partial charge in [0.05, 0.1) is 12.1 Å². The summed E-state index contributed by atoms with van der Waals surface area (Å²) in [4.78, 5) is 42.5. The maximum atomic E-state index is 13.5. The number of carbonyl (C=O) groups excluding carboxylic acids is 3. The normalized spacial score (nSPS) is 27.0. The summed E-state index contributed by atoms with van der Waals surface area (Å²) in [5, 5.41) is 5.87.